The highest BCUT2D eigenvalue weighted by molar-refractivity contribution is 6.33. The summed E-state index contributed by atoms with van der Waals surface area (Å²) >= 11 is 6.20. The van der Waals surface area contributed by atoms with E-state index in [1.807, 2.05) is 18.2 Å². The van der Waals surface area contributed by atoms with Gasteiger partial charge in [-0.15, -0.1) is 0 Å². The Morgan fingerprint density at radius 1 is 1.24 bits per heavy atom. The fourth-order valence-electron chi connectivity index (χ4n) is 4.43. The third-order valence-corrected chi connectivity index (χ3v) is 6.51. The molecule has 1 unspecified atom stereocenters. The van der Waals surface area contributed by atoms with Crippen molar-refractivity contribution in [1.29, 1.82) is 0 Å². The lowest BCUT2D eigenvalue weighted by Gasteiger charge is -2.28. The van der Waals surface area contributed by atoms with Crippen LogP contribution in [0.3, 0.4) is 0 Å². The maximum Gasteiger partial charge on any atom is 0.225 e. The SMILES string of the molecule is COc1cc2ccnc(Nc3ccc(F)cc3Cl)c2cc1C(CCN1CCCCC1)C(N)=O. The molecule has 0 saturated carbocycles. The number of carbonyl (C=O) groups is 1. The predicted molar refractivity (Wildman–Crippen MR) is 130 cm³/mol. The van der Waals surface area contributed by atoms with E-state index in [4.69, 9.17) is 22.1 Å². The zero-order valence-electron chi connectivity index (χ0n) is 18.6. The molecule has 0 aliphatic carbocycles. The highest BCUT2D eigenvalue weighted by atomic mass is 35.5. The summed E-state index contributed by atoms with van der Waals surface area (Å²) in [6.07, 6.45) is 5.92. The summed E-state index contributed by atoms with van der Waals surface area (Å²) in [6.45, 7) is 2.91. The molecule has 1 amide bonds. The second-order valence-electron chi connectivity index (χ2n) is 8.37. The van der Waals surface area contributed by atoms with Gasteiger partial charge in [-0.3, -0.25) is 4.79 Å². The van der Waals surface area contributed by atoms with Gasteiger partial charge in [-0.25, -0.2) is 9.37 Å². The third-order valence-electron chi connectivity index (χ3n) is 6.20. The van der Waals surface area contributed by atoms with Gasteiger partial charge in [0.1, 0.15) is 17.4 Å². The number of carbonyl (C=O) groups excluding carboxylic acids is 1. The van der Waals surface area contributed by atoms with Gasteiger partial charge in [0.05, 0.1) is 23.7 Å². The van der Waals surface area contributed by atoms with Gasteiger partial charge in [0.25, 0.3) is 0 Å². The molecule has 2 heterocycles. The number of fused-ring (bicyclic) bond motifs is 1. The largest absolute Gasteiger partial charge is 0.496 e. The Morgan fingerprint density at radius 3 is 2.73 bits per heavy atom. The number of nitrogens with one attached hydrogen (secondary N) is 1. The number of primary amides is 1. The minimum Gasteiger partial charge on any atom is -0.496 e. The first-order valence-electron chi connectivity index (χ1n) is 11.2. The van der Waals surface area contributed by atoms with E-state index in [0.29, 0.717) is 23.7 Å². The van der Waals surface area contributed by atoms with Crippen LogP contribution in [-0.4, -0.2) is 42.5 Å². The van der Waals surface area contributed by atoms with Crippen LogP contribution in [0.25, 0.3) is 10.8 Å². The number of rotatable bonds is 8. The Bertz CT molecular complexity index is 1150. The van der Waals surface area contributed by atoms with Crippen molar-refractivity contribution in [2.45, 2.75) is 31.6 Å². The minimum absolute atomic E-state index is 0.249. The summed E-state index contributed by atoms with van der Waals surface area (Å²) in [7, 11) is 1.59. The monoisotopic (exact) mass is 470 g/mol. The maximum absolute atomic E-state index is 13.5. The Labute approximate surface area is 197 Å². The van der Waals surface area contributed by atoms with E-state index in [0.717, 1.165) is 36.0 Å². The number of likely N-dealkylation sites (tertiary alicyclic amines) is 1. The molecule has 0 bridgehead atoms. The molecular formula is C25H28ClFN4O2. The van der Waals surface area contributed by atoms with Crippen molar-refractivity contribution in [3.8, 4) is 5.75 Å². The molecule has 2 aromatic carbocycles. The zero-order chi connectivity index (χ0) is 23.4. The number of methoxy groups -OCH3 is 1. The van der Waals surface area contributed by atoms with Gasteiger partial charge in [0.2, 0.25) is 5.91 Å². The van der Waals surface area contributed by atoms with Gasteiger partial charge in [-0.2, -0.15) is 0 Å². The Hall–Kier alpha value is -2.90. The Morgan fingerprint density at radius 2 is 2.03 bits per heavy atom. The predicted octanol–water partition coefficient (Wildman–Crippen LogP) is 5.22. The number of nitrogens with two attached hydrogens (primary N) is 1. The number of nitrogens with zero attached hydrogens (tertiary/aromatic N) is 2. The van der Waals surface area contributed by atoms with Crippen LogP contribution in [0.1, 0.15) is 37.2 Å². The van der Waals surface area contributed by atoms with Gasteiger partial charge in [-0.05, 0) is 80.7 Å². The number of anilines is 2. The van der Waals surface area contributed by atoms with E-state index < -0.39 is 11.7 Å². The first-order chi connectivity index (χ1) is 16.0. The van der Waals surface area contributed by atoms with Gasteiger partial charge >= 0.3 is 0 Å². The van der Waals surface area contributed by atoms with Crippen molar-refractivity contribution >= 4 is 39.8 Å². The third kappa shape index (κ3) is 5.37. The number of aromatic nitrogens is 1. The number of ether oxygens (including phenoxy) is 1. The van der Waals surface area contributed by atoms with Crippen LogP contribution in [0, 0.1) is 5.82 Å². The molecule has 33 heavy (non-hydrogen) atoms. The average Bonchev–Trinajstić information content (AvgIpc) is 2.81. The molecule has 1 aromatic heterocycles. The van der Waals surface area contributed by atoms with Crippen LogP contribution in [0.2, 0.25) is 5.02 Å². The number of pyridine rings is 1. The van der Waals surface area contributed by atoms with Crippen LogP contribution in [0.5, 0.6) is 5.75 Å². The van der Waals surface area contributed by atoms with Gasteiger partial charge in [0.15, 0.2) is 0 Å². The smallest absolute Gasteiger partial charge is 0.225 e. The second kappa shape index (κ2) is 10.4. The lowest BCUT2D eigenvalue weighted by Crippen LogP contribution is -2.33. The summed E-state index contributed by atoms with van der Waals surface area (Å²) in [4.78, 5) is 19.3. The van der Waals surface area contributed by atoms with Crippen molar-refractivity contribution in [1.82, 2.24) is 9.88 Å². The van der Waals surface area contributed by atoms with Crippen LogP contribution in [0.15, 0.2) is 42.6 Å². The molecule has 3 aromatic rings. The number of benzene rings is 2. The lowest BCUT2D eigenvalue weighted by molar-refractivity contribution is -0.119. The number of piperidine rings is 1. The van der Waals surface area contributed by atoms with Crippen LogP contribution in [-0.2, 0) is 4.79 Å². The summed E-state index contributed by atoms with van der Waals surface area (Å²) < 4.78 is 19.1. The molecule has 1 fully saturated rings. The molecule has 1 atom stereocenters. The molecule has 0 spiro atoms. The molecule has 174 valence electrons. The molecule has 8 heteroatoms. The molecule has 3 N–H and O–H groups in total. The first kappa shape index (κ1) is 23.3. The van der Waals surface area contributed by atoms with Gasteiger partial charge < -0.3 is 20.7 Å². The standard InChI is InChI=1S/C25H28ClFN4O2/c1-33-23-13-16-7-9-29-25(30-22-6-5-17(27)14-21(22)26)19(16)15-20(23)18(24(28)32)8-12-31-10-3-2-4-11-31/h5-7,9,13-15,18H,2-4,8,10-12H2,1H3,(H2,28,32)(H,29,30). The quantitative estimate of drug-likeness (QED) is 0.471. The van der Waals surface area contributed by atoms with E-state index in [9.17, 15) is 9.18 Å². The number of halogens is 2. The minimum atomic E-state index is -0.492. The second-order valence-corrected chi connectivity index (χ2v) is 8.78. The fraction of sp³-hybridized carbons (Fsp3) is 0.360. The van der Waals surface area contributed by atoms with E-state index in [1.165, 1.54) is 31.4 Å². The van der Waals surface area contributed by atoms with Crippen molar-refractivity contribution < 1.29 is 13.9 Å². The molecule has 1 aliphatic heterocycles. The molecular weight excluding hydrogens is 443 g/mol. The lowest BCUT2D eigenvalue weighted by atomic mass is 9.91. The van der Waals surface area contributed by atoms with Crippen LogP contribution in [0.4, 0.5) is 15.9 Å². The van der Waals surface area contributed by atoms with Crippen LogP contribution >= 0.6 is 11.6 Å². The summed E-state index contributed by atoms with van der Waals surface area (Å²) in [5, 5.41) is 5.10. The van der Waals surface area contributed by atoms with Crippen molar-refractivity contribution in [2.24, 2.45) is 5.73 Å². The maximum atomic E-state index is 13.5. The highest BCUT2D eigenvalue weighted by Gasteiger charge is 2.24. The normalized spacial score (nSPS) is 15.4. The summed E-state index contributed by atoms with van der Waals surface area (Å²) in [6, 6.07) is 9.80. The molecule has 0 radical (unpaired) electrons. The topological polar surface area (TPSA) is 80.5 Å². The Kier molecular flexibility index (Phi) is 7.30. The highest BCUT2D eigenvalue weighted by Crippen LogP contribution is 2.37. The van der Waals surface area contributed by atoms with E-state index in [1.54, 1.807) is 19.4 Å². The Balaban J connectivity index is 1.70. The van der Waals surface area contributed by atoms with E-state index in [2.05, 4.69) is 15.2 Å². The molecule has 1 saturated heterocycles. The number of amides is 1. The van der Waals surface area contributed by atoms with Crippen molar-refractivity contribution in [3.05, 3.63) is 59.0 Å². The van der Waals surface area contributed by atoms with Crippen molar-refractivity contribution in [2.75, 3.05) is 32.1 Å². The summed E-state index contributed by atoms with van der Waals surface area (Å²) in [5.41, 5.74) is 7.12. The summed E-state index contributed by atoms with van der Waals surface area (Å²) in [5.74, 6) is -0.133. The van der Waals surface area contributed by atoms with Gasteiger partial charge in [0, 0.05) is 17.1 Å². The molecule has 4 rings (SSSR count). The zero-order valence-corrected chi connectivity index (χ0v) is 19.4. The fourth-order valence-corrected chi connectivity index (χ4v) is 4.64. The van der Waals surface area contributed by atoms with E-state index in [-0.39, 0.29) is 10.9 Å². The number of hydrogen-bond acceptors (Lipinski definition) is 5. The van der Waals surface area contributed by atoms with Crippen LogP contribution < -0.4 is 15.8 Å². The first-order valence-corrected chi connectivity index (χ1v) is 11.5. The molecule has 6 nitrogen and oxygen atoms in total. The average molecular weight is 471 g/mol. The molecule has 1 aliphatic rings. The van der Waals surface area contributed by atoms with E-state index >= 15 is 0 Å². The number of hydrogen-bond donors (Lipinski definition) is 2. The van der Waals surface area contributed by atoms with Crippen molar-refractivity contribution in [3.63, 3.8) is 0 Å². The van der Waals surface area contributed by atoms with Gasteiger partial charge in [-0.1, -0.05) is 18.0 Å².